The molecule has 72 valence electrons. The highest BCUT2D eigenvalue weighted by Gasteiger charge is 2.10. The Morgan fingerprint density at radius 2 is 2.21 bits per heavy atom. The molecule has 2 N–H and O–H groups in total. The van der Waals surface area contributed by atoms with Gasteiger partial charge in [-0.1, -0.05) is 15.9 Å². The van der Waals surface area contributed by atoms with Gasteiger partial charge in [0, 0.05) is 28.5 Å². The Balaban J connectivity index is 3.50. The zero-order valence-electron chi connectivity index (χ0n) is 7.98. The van der Waals surface area contributed by atoms with Crippen molar-refractivity contribution in [3.05, 3.63) is 27.7 Å². The number of hydrogen-bond acceptors (Lipinski definition) is 3. The zero-order chi connectivity index (χ0) is 10.7. The van der Waals surface area contributed by atoms with Crippen LogP contribution in [0.15, 0.2) is 16.6 Å². The van der Waals surface area contributed by atoms with Crippen molar-refractivity contribution < 1.29 is 0 Å². The van der Waals surface area contributed by atoms with Crippen molar-refractivity contribution >= 4 is 27.3 Å². The van der Waals surface area contributed by atoms with Gasteiger partial charge >= 0.3 is 0 Å². The van der Waals surface area contributed by atoms with Crippen molar-refractivity contribution in [2.24, 2.45) is 0 Å². The molecule has 0 amide bonds. The summed E-state index contributed by atoms with van der Waals surface area (Å²) in [5.41, 5.74) is 2.36. The second-order valence-corrected chi connectivity index (χ2v) is 3.78. The molecular weight excluding hydrogens is 242 g/mol. The molecule has 1 aromatic rings. The van der Waals surface area contributed by atoms with E-state index in [1.54, 1.807) is 20.0 Å². The number of benzene rings is 1. The molecule has 3 nitrogen and oxygen atoms in total. The molecule has 0 saturated carbocycles. The first-order chi connectivity index (χ1) is 6.60. The summed E-state index contributed by atoms with van der Waals surface area (Å²) in [6.07, 6.45) is 0. The van der Waals surface area contributed by atoms with Gasteiger partial charge in [0.2, 0.25) is 0 Å². The molecule has 0 aliphatic carbocycles. The lowest BCUT2D eigenvalue weighted by atomic mass is 10.0. The lowest BCUT2D eigenvalue weighted by Crippen LogP contribution is -2.03. The van der Waals surface area contributed by atoms with E-state index in [0.29, 0.717) is 16.8 Å². The van der Waals surface area contributed by atoms with Crippen molar-refractivity contribution in [2.45, 2.75) is 6.92 Å². The Labute approximate surface area is 91.4 Å². The van der Waals surface area contributed by atoms with Crippen molar-refractivity contribution in [3.63, 3.8) is 0 Å². The summed E-state index contributed by atoms with van der Waals surface area (Å²) in [6.45, 7) is 1.67. The van der Waals surface area contributed by atoms with Gasteiger partial charge in [0.25, 0.3) is 0 Å². The molecular formula is C10H10BrN3. The third-order valence-electron chi connectivity index (χ3n) is 1.87. The van der Waals surface area contributed by atoms with E-state index in [-0.39, 0.29) is 0 Å². The minimum Gasteiger partial charge on any atom is -0.388 e. The molecule has 1 aromatic carbocycles. The van der Waals surface area contributed by atoms with Gasteiger partial charge < -0.3 is 10.7 Å². The molecule has 0 bridgehead atoms. The van der Waals surface area contributed by atoms with Gasteiger partial charge in [-0.05, 0) is 19.1 Å². The number of nitrogens with zero attached hydrogens (tertiary/aromatic N) is 1. The van der Waals surface area contributed by atoms with E-state index in [1.807, 2.05) is 6.07 Å². The summed E-state index contributed by atoms with van der Waals surface area (Å²) in [5, 5.41) is 19.5. The predicted octanol–water partition coefficient (Wildman–Crippen LogP) is 2.75. The fraction of sp³-hybridized carbons (Fsp3) is 0.200. The molecule has 0 saturated heterocycles. The molecule has 0 atom stereocenters. The van der Waals surface area contributed by atoms with Crippen LogP contribution >= 0.6 is 15.9 Å². The minimum atomic E-state index is 0.387. The standard InChI is InChI=1S/C10H10BrN3/c1-6(13)10-7(5-12)3-8(11)4-9(10)14-2/h3-4,13-14H,1-2H3. The molecule has 0 fully saturated rings. The predicted molar refractivity (Wildman–Crippen MR) is 60.9 cm³/mol. The van der Waals surface area contributed by atoms with Crippen LogP contribution in [0.2, 0.25) is 0 Å². The van der Waals surface area contributed by atoms with Gasteiger partial charge in [-0.15, -0.1) is 0 Å². The summed E-state index contributed by atoms with van der Waals surface area (Å²) >= 11 is 3.32. The lowest BCUT2D eigenvalue weighted by Gasteiger charge is -2.10. The van der Waals surface area contributed by atoms with Crippen LogP contribution in [0.4, 0.5) is 5.69 Å². The third kappa shape index (κ3) is 1.94. The van der Waals surface area contributed by atoms with Gasteiger partial charge in [0.05, 0.1) is 11.6 Å². The van der Waals surface area contributed by atoms with Crippen LogP contribution in [0.25, 0.3) is 0 Å². The van der Waals surface area contributed by atoms with Crippen LogP contribution < -0.4 is 5.32 Å². The fourth-order valence-corrected chi connectivity index (χ4v) is 1.75. The number of hydrogen-bond donors (Lipinski definition) is 2. The van der Waals surface area contributed by atoms with E-state index in [4.69, 9.17) is 10.7 Å². The first-order valence-corrected chi connectivity index (χ1v) is 4.86. The highest BCUT2D eigenvalue weighted by atomic mass is 79.9. The normalized spacial score (nSPS) is 9.29. The highest BCUT2D eigenvalue weighted by molar-refractivity contribution is 9.10. The van der Waals surface area contributed by atoms with E-state index >= 15 is 0 Å². The number of anilines is 1. The van der Waals surface area contributed by atoms with Crippen LogP contribution in [0.5, 0.6) is 0 Å². The quantitative estimate of drug-likeness (QED) is 0.795. The first kappa shape index (κ1) is 10.7. The van der Waals surface area contributed by atoms with Gasteiger partial charge in [-0.3, -0.25) is 0 Å². The summed E-state index contributed by atoms with van der Waals surface area (Å²) < 4.78 is 0.836. The highest BCUT2D eigenvalue weighted by Crippen LogP contribution is 2.25. The average Bonchev–Trinajstić information content (AvgIpc) is 2.15. The van der Waals surface area contributed by atoms with Crippen LogP contribution in [-0.2, 0) is 0 Å². The lowest BCUT2D eigenvalue weighted by molar-refractivity contribution is 1.38. The maximum absolute atomic E-state index is 8.92. The smallest absolute Gasteiger partial charge is 0.0999 e. The maximum Gasteiger partial charge on any atom is 0.0999 e. The third-order valence-corrected chi connectivity index (χ3v) is 2.33. The number of halogens is 1. The molecule has 0 unspecified atom stereocenters. The van der Waals surface area contributed by atoms with E-state index in [0.717, 1.165) is 10.2 Å². The topological polar surface area (TPSA) is 59.7 Å². The molecule has 1 rings (SSSR count). The van der Waals surface area contributed by atoms with E-state index < -0.39 is 0 Å². The van der Waals surface area contributed by atoms with E-state index in [1.165, 1.54) is 0 Å². The van der Waals surface area contributed by atoms with Crippen molar-refractivity contribution in [1.82, 2.24) is 0 Å². The van der Waals surface area contributed by atoms with Crippen LogP contribution in [0.3, 0.4) is 0 Å². The number of nitrogens with one attached hydrogen (secondary N) is 2. The van der Waals surface area contributed by atoms with Gasteiger partial charge in [-0.2, -0.15) is 5.26 Å². The Morgan fingerprint density at radius 3 is 2.64 bits per heavy atom. The Bertz CT molecular complexity index is 418. The van der Waals surface area contributed by atoms with E-state index in [9.17, 15) is 0 Å². The van der Waals surface area contributed by atoms with Crippen LogP contribution in [0, 0.1) is 16.7 Å². The summed E-state index contributed by atoms with van der Waals surface area (Å²) in [7, 11) is 1.77. The molecule has 0 aliphatic rings. The average molecular weight is 252 g/mol. The van der Waals surface area contributed by atoms with Crippen LogP contribution in [-0.4, -0.2) is 12.8 Å². The van der Waals surface area contributed by atoms with E-state index in [2.05, 4.69) is 27.3 Å². The molecule has 4 heteroatoms. The molecule has 0 spiro atoms. The Hall–Kier alpha value is -1.34. The van der Waals surface area contributed by atoms with Crippen molar-refractivity contribution in [3.8, 4) is 6.07 Å². The fourth-order valence-electron chi connectivity index (χ4n) is 1.30. The second kappa shape index (κ2) is 4.25. The summed E-state index contributed by atoms with van der Waals surface area (Å²) in [4.78, 5) is 0. The summed E-state index contributed by atoms with van der Waals surface area (Å²) in [5.74, 6) is 0. The Kier molecular flexibility index (Phi) is 3.26. The van der Waals surface area contributed by atoms with Gasteiger partial charge in [0.1, 0.15) is 0 Å². The minimum absolute atomic E-state index is 0.387. The molecule has 0 aromatic heterocycles. The monoisotopic (exact) mass is 251 g/mol. The second-order valence-electron chi connectivity index (χ2n) is 2.86. The maximum atomic E-state index is 8.92. The molecule has 0 aliphatic heterocycles. The van der Waals surface area contributed by atoms with Gasteiger partial charge in [0.15, 0.2) is 0 Å². The SMILES string of the molecule is CNc1cc(Br)cc(C#N)c1C(C)=N. The van der Waals surface area contributed by atoms with Crippen molar-refractivity contribution in [2.75, 3.05) is 12.4 Å². The summed E-state index contributed by atoms with van der Waals surface area (Å²) in [6, 6.07) is 5.65. The Morgan fingerprint density at radius 1 is 1.57 bits per heavy atom. The van der Waals surface area contributed by atoms with Gasteiger partial charge in [-0.25, -0.2) is 0 Å². The first-order valence-electron chi connectivity index (χ1n) is 4.07. The largest absolute Gasteiger partial charge is 0.388 e. The van der Waals surface area contributed by atoms with Crippen molar-refractivity contribution in [1.29, 1.82) is 10.7 Å². The van der Waals surface area contributed by atoms with Crippen LogP contribution in [0.1, 0.15) is 18.1 Å². The number of nitriles is 1. The molecule has 14 heavy (non-hydrogen) atoms. The zero-order valence-corrected chi connectivity index (χ0v) is 9.57. The molecule has 0 heterocycles. The molecule has 0 radical (unpaired) electrons. The number of rotatable bonds is 2.